The summed E-state index contributed by atoms with van der Waals surface area (Å²) in [7, 11) is 1.73. The van der Waals surface area contributed by atoms with E-state index in [2.05, 4.69) is 16.5 Å². The van der Waals surface area contributed by atoms with Crippen LogP contribution < -0.4 is 11.1 Å². The normalized spacial score (nSPS) is 9.68. The highest BCUT2D eigenvalue weighted by atomic mass is 15.3. The van der Waals surface area contributed by atoms with Gasteiger partial charge in [-0.05, 0) is 25.1 Å². The monoisotopic (exact) mass is 252 g/mol. The van der Waals surface area contributed by atoms with Gasteiger partial charge in [-0.1, -0.05) is 0 Å². The van der Waals surface area contributed by atoms with Crippen LogP contribution in [0, 0.1) is 29.6 Å². The average Bonchev–Trinajstić information content (AvgIpc) is 2.72. The van der Waals surface area contributed by atoms with Crippen LogP contribution in [0.2, 0.25) is 0 Å². The van der Waals surface area contributed by atoms with Gasteiger partial charge < -0.3 is 11.1 Å². The first-order valence-corrected chi connectivity index (χ1v) is 5.59. The molecule has 19 heavy (non-hydrogen) atoms. The number of nitriles is 2. The third-order valence-corrected chi connectivity index (χ3v) is 2.85. The minimum atomic E-state index is 0.298. The molecule has 0 atom stereocenters. The van der Waals surface area contributed by atoms with E-state index in [-0.39, 0.29) is 0 Å². The summed E-state index contributed by atoms with van der Waals surface area (Å²) in [5, 5.41) is 25.2. The molecule has 0 radical (unpaired) electrons. The minimum Gasteiger partial charge on any atom is -0.387 e. The van der Waals surface area contributed by atoms with Gasteiger partial charge in [0.25, 0.3) is 0 Å². The molecule has 0 fully saturated rings. The first-order valence-electron chi connectivity index (χ1n) is 5.59. The smallest absolute Gasteiger partial charge is 0.145 e. The molecule has 2 aromatic rings. The molecule has 3 N–H and O–H groups in total. The number of aromatic nitrogens is 2. The fourth-order valence-corrected chi connectivity index (χ4v) is 1.85. The van der Waals surface area contributed by atoms with Crippen molar-refractivity contribution in [2.75, 3.05) is 18.1 Å². The predicted molar refractivity (Wildman–Crippen MR) is 71.7 cm³/mol. The molecule has 0 aliphatic heterocycles. The highest BCUT2D eigenvalue weighted by Crippen LogP contribution is 2.23. The van der Waals surface area contributed by atoms with Gasteiger partial charge in [0, 0.05) is 7.05 Å². The first-order chi connectivity index (χ1) is 9.12. The third kappa shape index (κ3) is 1.96. The molecule has 1 aromatic carbocycles. The number of hydrogen-bond acceptors (Lipinski definition) is 5. The standard InChI is InChI=1S/C13H12N6/c1-8-11(7-15)13(16)19(18-8)10-4-3-9(6-14)12(5-10)17-2/h3-5,17H,16H2,1-2H3. The van der Waals surface area contributed by atoms with E-state index < -0.39 is 0 Å². The SMILES string of the molecule is CNc1cc(-n2nc(C)c(C#N)c2N)ccc1C#N. The zero-order valence-corrected chi connectivity index (χ0v) is 10.6. The van der Waals surface area contributed by atoms with Crippen LogP contribution >= 0.6 is 0 Å². The molecule has 0 aliphatic carbocycles. The fraction of sp³-hybridized carbons (Fsp3) is 0.154. The number of rotatable bonds is 2. The van der Waals surface area contributed by atoms with Gasteiger partial charge >= 0.3 is 0 Å². The summed E-state index contributed by atoms with van der Waals surface area (Å²) in [5.41, 5.74) is 8.77. The third-order valence-electron chi connectivity index (χ3n) is 2.85. The molecule has 0 aliphatic rings. The first kappa shape index (κ1) is 12.5. The maximum atomic E-state index is 9.00. The number of nitrogens with zero attached hydrogens (tertiary/aromatic N) is 4. The average molecular weight is 252 g/mol. The number of nitrogens with one attached hydrogen (secondary N) is 1. The van der Waals surface area contributed by atoms with Crippen LogP contribution in [0.5, 0.6) is 0 Å². The Hall–Kier alpha value is -2.99. The zero-order chi connectivity index (χ0) is 14.0. The summed E-state index contributed by atoms with van der Waals surface area (Å²) in [4.78, 5) is 0. The Kier molecular flexibility index (Phi) is 3.09. The summed E-state index contributed by atoms with van der Waals surface area (Å²) in [5.74, 6) is 0.298. The van der Waals surface area contributed by atoms with Crippen molar-refractivity contribution in [2.24, 2.45) is 0 Å². The summed E-state index contributed by atoms with van der Waals surface area (Å²) < 4.78 is 1.50. The maximum Gasteiger partial charge on any atom is 0.145 e. The fourth-order valence-electron chi connectivity index (χ4n) is 1.85. The molecule has 1 heterocycles. The molecule has 1 aromatic heterocycles. The van der Waals surface area contributed by atoms with E-state index in [1.165, 1.54) is 4.68 Å². The summed E-state index contributed by atoms with van der Waals surface area (Å²) in [6, 6.07) is 9.31. The van der Waals surface area contributed by atoms with Crippen molar-refractivity contribution in [1.82, 2.24) is 9.78 Å². The minimum absolute atomic E-state index is 0.298. The summed E-state index contributed by atoms with van der Waals surface area (Å²) in [6.07, 6.45) is 0. The number of hydrogen-bond donors (Lipinski definition) is 2. The lowest BCUT2D eigenvalue weighted by Crippen LogP contribution is -2.04. The van der Waals surface area contributed by atoms with Gasteiger partial charge in [-0.3, -0.25) is 0 Å². The number of nitrogen functional groups attached to an aromatic ring is 1. The molecular formula is C13H12N6. The Morgan fingerprint density at radius 2 is 2.05 bits per heavy atom. The summed E-state index contributed by atoms with van der Waals surface area (Å²) >= 11 is 0. The van der Waals surface area contributed by atoms with Crippen LogP contribution in [0.25, 0.3) is 5.69 Å². The van der Waals surface area contributed by atoms with Crippen molar-refractivity contribution in [1.29, 1.82) is 10.5 Å². The molecule has 0 saturated heterocycles. The van der Waals surface area contributed by atoms with Gasteiger partial charge in [0.1, 0.15) is 23.5 Å². The van der Waals surface area contributed by atoms with Crippen molar-refractivity contribution in [3.8, 4) is 17.8 Å². The van der Waals surface area contributed by atoms with Crippen molar-refractivity contribution in [3.05, 3.63) is 35.0 Å². The van der Waals surface area contributed by atoms with Gasteiger partial charge in [-0.25, -0.2) is 4.68 Å². The van der Waals surface area contributed by atoms with E-state index in [4.69, 9.17) is 16.3 Å². The van der Waals surface area contributed by atoms with E-state index in [0.717, 1.165) is 0 Å². The molecule has 0 unspecified atom stereocenters. The highest BCUT2D eigenvalue weighted by molar-refractivity contribution is 5.64. The van der Waals surface area contributed by atoms with Crippen LogP contribution in [0.3, 0.4) is 0 Å². The van der Waals surface area contributed by atoms with Crippen LogP contribution in [-0.2, 0) is 0 Å². The van der Waals surface area contributed by atoms with Gasteiger partial charge in [-0.15, -0.1) is 0 Å². The topological polar surface area (TPSA) is 103 Å². The van der Waals surface area contributed by atoms with Crippen LogP contribution in [-0.4, -0.2) is 16.8 Å². The number of nitrogens with two attached hydrogens (primary N) is 1. The molecule has 6 nitrogen and oxygen atoms in total. The number of benzene rings is 1. The Bertz CT molecular complexity index is 714. The van der Waals surface area contributed by atoms with E-state index in [1.807, 2.05) is 6.07 Å². The summed E-state index contributed by atoms with van der Waals surface area (Å²) in [6.45, 7) is 1.73. The van der Waals surface area contributed by atoms with Crippen LogP contribution in [0.4, 0.5) is 11.5 Å². The largest absolute Gasteiger partial charge is 0.387 e. The molecule has 94 valence electrons. The molecule has 0 spiro atoms. The second kappa shape index (κ2) is 4.71. The Balaban J connectivity index is 2.61. The van der Waals surface area contributed by atoms with E-state index in [1.54, 1.807) is 32.2 Å². The van der Waals surface area contributed by atoms with Gasteiger partial charge in [0.2, 0.25) is 0 Å². The highest BCUT2D eigenvalue weighted by Gasteiger charge is 2.14. The molecule has 6 heteroatoms. The molecule has 0 saturated carbocycles. The van der Waals surface area contributed by atoms with Gasteiger partial charge in [-0.2, -0.15) is 15.6 Å². The predicted octanol–water partition coefficient (Wildman–Crippen LogP) is 1.55. The molecule has 2 rings (SSSR count). The quantitative estimate of drug-likeness (QED) is 0.843. The molecular weight excluding hydrogens is 240 g/mol. The van der Waals surface area contributed by atoms with Crippen molar-refractivity contribution >= 4 is 11.5 Å². The maximum absolute atomic E-state index is 9.00. The Morgan fingerprint density at radius 3 is 2.58 bits per heavy atom. The lowest BCUT2D eigenvalue weighted by atomic mass is 10.1. The van der Waals surface area contributed by atoms with Crippen LogP contribution in [0.15, 0.2) is 18.2 Å². The van der Waals surface area contributed by atoms with Gasteiger partial charge in [0.15, 0.2) is 0 Å². The zero-order valence-electron chi connectivity index (χ0n) is 10.6. The Morgan fingerprint density at radius 1 is 1.32 bits per heavy atom. The van der Waals surface area contributed by atoms with E-state index >= 15 is 0 Å². The lowest BCUT2D eigenvalue weighted by molar-refractivity contribution is 0.872. The van der Waals surface area contributed by atoms with E-state index in [9.17, 15) is 0 Å². The van der Waals surface area contributed by atoms with Gasteiger partial charge in [0.05, 0.1) is 22.6 Å². The van der Waals surface area contributed by atoms with Crippen molar-refractivity contribution < 1.29 is 0 Å². The number of anilines is 2. The van der Waals surface area contributed by atoms with Crippen molar-refractivity contribution in [3.63, 3.8) is 0 Å². The van der Waals surface area contributed by atoms with E-state index in [0.29, 0.717) is 34.0 Å². The second-order valence-electron chi connectivity index (χ2n) is 3.96. The molecule has 0 amide bonds. The van der Waals surface area contributed by atoms with Crippen molar-refractivity contribution in [2.45, 2.75) is 6.92 Å². The second-order valence-corrected chi connectivity index (χ2v) is 3.96. The molecule has 0 bridgehead atoms. The number of aryl methyl sites for hydroxylation is 1. The lowest BCUT2D eigenvalue weighted by Gasteiger charge is -2.08. The van der Waals surface area contributed by atoms with Crippen LogP contribution in [0.1, 0.15) is 16.8 Å². The Labute approximate surface area is 110 Å².